The average molecular weight is 341 g/mol. The number of aromatic nitrogens is 2. The summed E-state index contributed by atoms with van der Waals surface area (Å²) in [4.78, 5) is 18.9. The largest absolute Gasteiger partial charge is 0.383 e. The van der Waals surface area contributed by atoms with E-state index in [0.717, 1.165) is 25.2 Å². The van der Waals surface area contributed by atoms with E-state index >= 15 is 0 Å². The first-order valence-electron chi connectivity index (χ1n) is 8.92. The first-order valence-corrected chi connectivity index (χ1v) is 8.92. The molecule has 1 aromatic carbocycles. The number of hydrogen-bond acceptors (Lipinski definition) is 3. The number of amides is 1. The summed E-state index contributed by atoms with van der Waals surface area (Å²) >= 11 is 0. The van der Waals surface area contributed by atoms with E-state index < -0.39 is 0 Å². The molecular weight excluding hydrogens is 314 g/mol. The third kappa shape index (κ3) is 4.48. The van der Waals surface area contributed by atoms with E-state index in [1.165, 1.54) is 16.7 Å². The number of hydrogen-bond donors (Lipinski definition) is 0. The molecule has 25 heavy (non-hydrogen) atoms. The fourth-order valence-corrected chi connectivity index (χ4v) is 3.02. The normalized spacial score (nSPS) is 13.9. The molecule has 0 radical (unpaired) electrons. The molecule has 0 bridgehead atoms. The van der Waals surface area contributed by atoms with Gasteiger partial charge in [0, 0.05) is 38.5 Å². The van der Waals surface area contributed by atoms with Crippen molar-refractivity contribution in [3.05, 3.63) is 53.1 Å². The van der Waals surface area contributed by atoms with Crippen molar-refractivity contribution in [3.8, 4) is 0 Å². The van der Waals surface area contributed by atoms with Crippen LogP contribution >= 0.6 is 0 Å². The second-order valence-corrected chi connectivity index (χ2v) is 6.93. The van der Waals surface area contributed by atoms with E-state index in [9.17, 15) is 4.79 Å². The maximum absolute atomic E-state index is 12.5. The minimum Gasteiger partial charge on any atom is -0.383 e. The monoisotopic (exact) mass is 341 g/mol. The lowest BCUT2D eigenvalue weighted by atomic mass is 10.1. The smallest absolute Gasteiger partial charge is 0.226 e. The first-order chi connectivity index (χ1) is 12.1. The maximum atomic E-state index is 12.5. The number of methoxy groups -OCH3 is 1. The summed E-state index contributed by atoms with van der Waals surface area (Å²) in [5.41, 5.74) is 3.82. The summed E-state index contributed by atoms with van der Waals surface area (Å²) in [7, 11) is 1.67. The molecule has 2 aromatic rings. The van der Waals surface area contributed by atoms with Crippen LogP contribution in [0.25, 0.3) is 0 Å². The highest BCUT2D eigenvalue weighted by Gasteiger charge is 2.33. The van der Waals surface area contributed by atoms with Crippen molar-refractivity contribution in [1.29, 1.82) is 0 Å². The molecule has 1 aromatic heterocycles. The SMILES string of the molecule is COCCN(Cc1nccn1Cc1cc(C)ccc1C)C(=O)C1CC1. The third-order valence-corrected chi connectivity index (χ3v) is 4.78. The van der Waals surface area contributed by atoms with Gasteiger partial charge in [0.2, 0.25) is 5.91 Å². The number of carbonyl (C=O) groups is 1. The Kier molecular flexibility index (Phi) is 5.53. The lowest BCUT2D eigenvalue weighted by Crippen LogP contribution is -2.35. The predicted molar refractivity (Wildman–Crippen MR) is 97.3 cm³/mol. The van der Waals surface area contributed by atoms with Crippen LogP contribution in [0.1, 0.15) is 35.4 Å². The van der Waals surface area contributed by atoms with Gasteiger partial charge in [-0.25, -0.2) is 4.98 Å². The van der Waals surface area contributed by atoms with Gasteiger partial charge in [-0.15, -0.1) is 0 Å². The van der Waals surface area contributed by atoms with Crippen molar-refractivity contribution >= 4 is 5.91 Å². The van der Waals surface area contributed by atoms with E-state index in [0.29, 0.717) is 19.7 Å². The molecule has 0 spiro atoms. The zero-order valence-electron chi connectivity index (χ0n) is 15.4. The maximum Gasteiger partial charge on any atom is 0.226 e. The molecule has 0 N–H and O–H groups in total. The Morgan fingerprint density at radius 3 is 2.88 bits per heavy atom. The van der Waals surface area contributed by atoms with Gasteiger partial charge in [0.15, 0.2) is 0 Å². The van der Waals surface area contributed by atoms with E-state index in [4.69, 9.17) is 4.74 Å². The van der Waals surface area contributed by atoms with Crippen LogP contribution in [0.2, 0.25) is 0 Å². The van der Waals surface area contributed by atoms with E-state index in [1.807, 2.05) is 17.3 Å². The van der Waals surface area contributed by atoms with Crippen LogP contribution in [0.15, 0.2) is 30.6 Å². The average Bonchev–Trinajstić information content (AvgIpc) is 3.36. The van der Waals surface area contributed by atoms with Gasteiger partial charge < -0.3 is 14.2 Å². The van der Waals surface area contributed by atoms with Gasteiger partial charge in [0.25, 0.3) is 0 Å². The molecule has 5 nitrogen and oxygen atoms in total. The molecule has 1 amide bonds. The Morgan fingerprint density at radius 1 is 1.36 bits per heavy atom. The molecule has 1 saturated carbocycles. The number of imidazole rings is 1. The third-order valence-electron chi connectivity index (χ3n) is 4.78. The Morgan fingerprint density at radius 2 is 2.16 bits per heavy atom. The highest BCUT2D eigenvalue weighted by Crippen LogP contribution is 2.31. The van der Waals surface area contributed by atoms with Crippen molar-refractivity contribution < 1.29 is 9.53 Å². The Bertz CT molecular complexity index is 734. The van der Waals surface area contributed by atoms with Crippen LogP contribution in [-0.2, 0) is 22.6 Å². The lowest BCUT2D eigenvalue weighted by molar-refractivity contribution is -0.134. The highest BCUT2D eigenvalue weighted by molar-refractivity contribution is 5.81. The Hall–Kier alpha value is -2.14. The fourth-order valence-electron chi connectivity index (χ4n) is 3.02. The molecule has 0 saturated heterocycles. The molecule has 0 aliphatic heterocycles. The van der Waals surface area contributed by atoms with Gasteiger partial charge in [-0.2, -0.15) is 0 Å². The van der Waals surface area contributed by atoms with Crippen LogP contribution in [0.3, 0.4) is 0 Å². The molecule has 1 fully saturated rings. The summed E-state index contributed by atoms with van der Waals surface area (Å²) in [5, 5.41) is 0. The Balaban J connectivity index is 1.75. The molecule has 1 heterocycles. The second kappa shape index (κ2) is 7.83. The number of nitrogens with zero attached hydrogens (tertiary/aromatic N) is 3. The van der Waals surface area contributed by atoms with E-state index in [2.05, 4.69) is 41.6 Å². The van der Waals surface area contributed by atoms with Crippen molar-refractivity contribution in [2.75, 3.05) is 20.3 Å². The summed E-state index contributed by atoms with van der Waals surface area (Å²) < 4.78 is 7.32. The summed E-state index contributed by atoms with van der Waals surface area (Å²) in [6.45, 7) is 6.72. The number of aryl methyl sites for hydroxylation is 2. The molecule has 5 heteroatoms. The number of rotatable bonds is 8. The van der Waals surface area contributed by atoms with Gasteiger partial charge in [0.05, 0.1) is 13.2 Å². The molecule has 1 aliphatic rings. The molecule has 3 rings (SSSR count). The van der Waals surface area contributed by atoms with Crippen molar-refractivity contribution in [1.82, 2.24) is 14.5 Å². The molecule has 1 aliphatic carbocycles. The topological polar surface area (TPSA) is 47.4 Å². The van der Waals surface area contributed by atoms with Crippen LogP contribution in [-0.4, -0.2) is 40.6 Å². The van der Waals surface area contributed by atoms with Gasteiger partial charge in [0.1, 0.15) is 5.82 Å². The molecule has 0 unspecified atom stereocenters. The minimum atomic E-state index is 0.208. The second-order valence-electron chi connectivity index (χ2n) is 6.93. The van der Waals surface area contributed by atoms with Crippen LogP contribution in [0.5, 0.6) is 0 Å². The Labute approximate surface area is 149 Å². The summed E-state index contributed by atoms with van der Waals surface area (Å²) in [6.07, 6.45) is 5.84. The van der Waals surface area contributed by atoms with Crippen molar-refractivity contribution in [3.63, 3.8) is 0 Å². The number of benzene rings is 1. The minimum absolute atomic E-state index is 0.208. The zero-order valence-corrected chi connectivity index (χ0v) is 15.4. The summed E-state index contributed by atoms with van der Waals surface area (Å²) in [5.74, 6) is 1.36. The summed E-state index contributed by atoms with van der Waals surface area (Å²) in [6, 6.07) is 6.51. The van der Waals surface area contributed by atoms with Crippen LogP contribution in [0, 0.1) is 19.8 Å². The molecule has 0 atom stereocenters. The highest BCUT2D eigenvalue weighted by atomic mass is 16.5. The van der Waals surface area contributed by atoms with Gasteiger partial charge in [-0.1, -0.05) is 23.8 Å². The predicted octanol–water partition coefficient (Wildman–Crippen LogP) is 2.93. The van der Waals surface area contributed by atoms with Crippen molar-refractivity contribution in [2.24, 2.45) is 5.92 Å². The molecule has 134 valence electrons. The first kappa shape index (κ1) is 17.7. The van der Waals surface area contributed by atoms with Crippen LogP contribution < -0.4 is 0 Å². The van der Waals surface area contributed by atoms with Gasteiger partial charge >= 0.3 is 0 Å². The van der Waals surface area contributed by atoms with E-state index in [-0.39, 0.29) is 11.8 Å². The van der Waals surface area contributed by atoms with Gasteiger partial charge in [-0.05, 0) is 37.8 Å². The standard InChI is InChI=1S/C20H27N3O2/c1-15-4-5-16(2)18(12-15)13-22-9-8-21-19(22)14-23(10-11-25-3)20(24)17-6-7-17/h4-5,8-9,12,17H,6-7,10-11,13-14H2,1-3H3. The van der Waals surface area contributed by atoms with E-state index in [1.54, 1.807) is 7.11 Å². The van der Waals surface area contributed by atoms with Crippen molar-refractivity contribution in [2.45, 2.75) is 39.8 Å². The quantitative estimate of drug-likeness (QED) is 0.742. The fraction of sp³-hybridized carbons (Fsp3) is 0.500. The lowest BCUT2D eigenvalue weighted by Gasteiger charge is -2.23. The number of carbonyl (C=O) groups excluding carboxylic acids is 1. The van der Waals surface area contributed by atoms with Gasteiger partial charge in [-0.3, -0.25) is 4.79 Å². The number of ether oxygens (including phenoxy) is 1. The molecular formula is C20H27N3O2. The zero-order chi connectivity index (χ0) is 17.8. The van der Waals surface area contributed by atoms with Crippen LogP contribution in [0.4, 0.5) is 0 Å².